The maximum atomic E-state index is 10.9. The van der Waals surface area contributed by atoms with Gasteiger partial charge in [0, 0.05) is 5.02 Å². The van der Waals surface area contributed by atoms with Crippen molar-refractivity contribution in [3.05, 3.63) is 29.3 Å². The highest BCUT2D eigenvalue weighted by molar-refractivity contribution is 6.30. The largest absolute Gasteiger partial charge is 0.483 e. The Morgan fingerprint density at radius 1 is 1.54 bits per heavy atom. The van der Waals surface area contributed by atoms with Crippen LogP contribution in [0.15, 0.2) is 24.3 Å². The molecule has 0 radical (unpaired) electrons. The lowest BCUT2D eigenvalue weighted by atomic mass is 10.3. The van der Waals surface area contributed by atoms with E-state index in [2.05, 4.69) is 0 Å². The van der Waals surface area contributed by atoms with E-state index in [0.717, 1.165) is 0 Å². The highest BCUT2D eigenvalue weighted by atomic mass is 35.5. The molecule has 0 aliphatic rings. The molecule has 3 heteroatoms. The van der Waals surface area contributed by atoms with Gasteiger partial charge < -0.3 is 4.74 Å². The van der Waals surface area contributed by atoms with Crippen molar-refractivity contribution in [1.29, 1.82) is 0 Å². The first-order valence-corrected chi connectivity index (χ1v) is 4.40. The van der Waals surface area contributed by atoms with Gasteiger partial charge in [-0.05, 0) is 32.0 Å². The van der Waals surface area contributed by atoms with Crippen LogP contribution in [0.5, 0.6) is 5.75 Å². The number of carbonyl (C=O) groups is 1. The Morgan fingerprint density at radius 3 is 2.77 bits per heavy atom. The molecule has 1 rings (SSSR count). The standard InChI is InChI=1S/C10H11ClO2/c1-7(12)8(2)13-10-5-3-4-9(11)6-10/h3-6,8H,1-2H3/t8-/m0/s1. The lowest BCUT2D eigenvalue weighted by molar-refractivity contribution is -0.122. The lowest BCUT2D eigenvalue weighted by Gasteiger charge is -2.11. The fraction of sp³-hybridized carbons (Fsp3) is 0.300. The SMILES string of the molecule is CC(=O)[C@H](C)Oc1cccc(Cl)c1. The van der Waals surface area contributed by atoms with Crippen LogP contribution >= 0.6 is 11.6 Å². The fourth-order valence-electron chi connectivity index (χ4n) is 0.827. The molecule has 2 nitrogen and oxygen atoms in total. The minimum atomic E-state index is -0.418. The third-order valence-electron chi connectivity index (χ3n) is 1.68. The van der Waals surface area contributed by atoms with Gasteiger partial charge in [-0.1, -0.05) is 17.7 Å². The van der Waals surface area contributed by atoms with Crippen molar-refractivity contribution >= 4 is 17.4 Å². The van der Waals surface area contributed by atoms with Gasteiger partial charge >= 0.3 is 0 Å². The molecule has 0 heterocycles. The third kappa shape index (κ3) is 3.07. The van der Waals surface area contributed by atoms with Crippen LogP contribution in [0, 0.1) is 0 Å². The summed E-state index contributed by atoms with van der Waals surface area (Å²) in [4.78, 5) is 10.9. The summed E-state index contributed by atoms with van der Waals surface area (Å²) >= 11 is 5.74. The second-order valence-electron chi connectivity index (χ2n) is 2.83. The zero-order valence-corrected chi connectivity index (χ0v) is 8.34. The van der Waals surface area contributed by atoms with Gasteiger partial charge in [0.1, 0.15) is 5.75 Å². The van der Waals surface area contributed by atoms with Crippen LogP contribution in [0.2, 0.25) is 5.02 Å². The molecule has 0 saturated heterocycles. The number of ketones is 1. The van der Waals surface area contributed by atoms with E-state index in [0.29, 0.717) is 10.8 Å². The van der Waals surface area contributed by atoms with E-state index in [1.54, 1.807) is 31.2 Å². The van der Waals surface area contributed by atoms with Crippen molar-refractivity contribution in [3.63, 3.8) is 0 Å². The van der Waals surface area contributed by atoms with Gasteiger partial charge in [0.25, 0.3) is 0 Å². The fourth-order valence-corrected chi connectivity index (χ4v) is 1.01. The maximum Gasteiger partial charge on any atom is 0.169 e. The molecule has 1 atom stereocenters. The van der Waals surface area contributed by atoms with Gasteiger partial charge in [-0.15, -0.1) is 0 Å². The zero-order valence-electron chi connectivity index (χ0n) is 7.58. The Morgan fingerprint density at radius 2 is 2.23 bits per heavy atom. The highest BCUT2D eigenvalue weighted by Crippen LogP contribution is 2.18. The molecule has 0 bridgehead atoms. The highest BCUT2D eigenvalue weighted by Gasteiger charge is 2.08. The molecule has 0 aliphatic carbocycles. The minimum Gasteiger partial charge on any atom is -0.483 e. The molecule has 0 aromatic heterocycles. The quantitative estimate of drug-likeness (QED) is 0.747. The topological polar surface area (TPSA) is 26.3 Å². The number of hydrogen-bond acceptors (Lipinski definition) is 2. The molecule has 0 amide bonds. The third-order valence-corrected chi connectivity index (χ3v) is 1.92. The molecule has 0 spiro atoms. The number of benzene rings is 1. The Kier molecular flexibility index (Phi) is 3.32. The number of ether oxygens (including phenoxy) is 1. The maximum absolute atomic E-state index is 10.9. The molecule has 0 N–H and O–H groups in total. The molecule has 0 aliphatic heterocycles. The van der Waals surface area contributed by atoms with Gasteiger partial charge in [-0.3, -0.25) is 4.79 Å². The summed E-state index contributed by atoms with van der Waals surface area (Å²) in [7, 11) is 0. The average Bonchev–Trinajstić information content (AvgIpc) is 2.04. The minimum absolute atomic E-state index is 0.0000227. The van der Waals surface area contributed by atoms with E-state index in [-0.39, 0.29) is 5.78 Å². The van der Waals surface area contributed by atoms with E-state index in [1.807, 2.05) is 0 Å². The van der Waals surface area contributed by atoms with Crippen LogP contribution in [0.4, 0.5) is 0 Å². The van der Waals surface area contributed by atoms with Crippen molar-refractivity contribution in [3.8, 4) is 5.75 Å². The van der Waals surface area contributed by atoms with Gasteiger partial charge in [-0.25, -0.2) is 0 Å². The van der Waals surface area contributed by atoms with Gasteiger partial charge in [0.15, 0.2) is 11.9 Å². The molecule has 70 valence electrons. The Bertz CT molecular complexity index is 310. The van der Waals surface area contributed by atoms with Crippen molar-refractivity contribution in [2.45, 2.75) is 20.0 Å². The van der Waals surface area contributed by atoms with Crippen molar-refractivity contribution < 1.29 is 9.53 Å². The normalized spacial score (nSPS) is 12.2. The molecule has 1 aromatic rings. The predicted octanol–water partition coefficient (Wildman–Crippen LogP) is 2.70. The summed E-state index contributed by atoms with van der Waals surface area (Å²) in [5.41, 5.74) is 0. The number of halogens is 1. The van der Waals surface area contributed by atoms with Crippen LogP contribution in [-0.4, -0.2) is 11.9 Å². The van der Waals surface area contributed by atoms with Crippen LogP contribution in [-0.2, 0) is 4.79 Å². The molecular weight excluding hydrogens is 188 g/mol. The first-order valence-electron chi connectivity index (χ1n) is 4.02. The average molecular weight is 199 g/mol. The first-order chi connectivity index (χ1) is 6.09. The Balaban J connectivity index is 2.69. The zero-order chi connectivity index (χ0) is 9.84. The van der Waals surface area contributed by atoms with E-state index >= 15 is 0 Å². The van der Waals surface area contributed by atoms with E-state index in [4.69, 9.17) is 16.3 Å². The molecule has 13 heavy (non-hydrogen) atoms. The molecule has 0 saturated carbocycles. The van der Waals surface area contributed by atoms with Gasteiger partial charge in [0.05, 0.1) is 0 Å². The number of hydrogen-bond donors (Lipinski definition) is 0. The van der Waals surface area contributed by atoms with Crippen LogP contribution in [0.25, 0.3) is 0 Å². The molecule has 1 aromatic carbocycles. The van der Waals surface area contributed by atoms with Crippen molar-refractivity contribution in [2.24, 2.45) is 0 Å². The Hall–Kier alpha value is -1.02. The second-order valence-corrected chi connectivity index (χ2v) is 3.26. The predicted molar refractivity (Wildman–Crippen MR) is 52.2 cm³/mol. The van der Waals surface area contributed by atoms with Crippen molar-refractivity contribution in [2.75, 3.05) is 0 Å². The molecule has 0 fully saturated rings. The van der Waals surface area contributed by atoms with Crippen molar-refractivity contribution in [1.82, 2.24) is 0 Å². The lowest BCUT2D eigenvalue weighted by Crippen LogP contribution is -2.20. The number of rotatable bonds is 3. The van der Waals surface area contributed by atoms with Gasteiger partial charge in [0.2, 0.25) is 0 Å². The summed E-state index contributed by atoms with van der Waals surface area (Å²) in [6, 6.07) is 6.99. The summed E-state index contributed by atoms with van der Waals surface area (Å²) in [6.45, 7) is 3.21. The van der Waals surface area contributed by atoms with Crippen LogP contribution in [0.1, 0.15) is 13.8 Å². The number of Topliss-reactive ketones (excluding diaryl/α,β-unsaturated/α-hetero) is 1. The first kappa shape index (κ1) is 10.1. The molecule has 0 unspecified atom stereocenters. The van der Waals surface area contributed by atoms with Gasteiger partial charge in [-0.2, -0.15) is 0 Å². The van der Waals surface area contributed by atoms with E-state index in [9.17, 15) is 4.79 Å². The van der Waals surface area contributed by atoms with Crippen LogP contribution < -0.4 is 4.74 Å². The monoisotopic (exact) mass is 198 g/mol. The van der Waals surface area contributed by atoms with E-state index in [1.165, 1.54) is 6.92 Å². The smallest absolute Gasteiger partial charge is 0.169 e. The summed E-state index contributed by atoms with van der Waals surface area (Å²) in [6.07, 6.45) is -0.418. The van der Waals surface area contributed by atoms with E-state index < -0.39 is 6.10 Å². The molecular formula is C10H11ClO2. The summed E-state index contributed by atoms with van der Waals surface area (Å²) < 4.78 is 5.32. The summed E-state index contributed by atoms with van der Waals surface area (Å²) in [5.74, 6) is 0.621. The summed E-state index contributed by atoms with van der Waals surface area (Å²) in [5, 5.41) is 0.605. The van der Waals surface area contributed by atoms with Crippen LogP contribution in [0.3, 0.4) is 0 Å². The number of carbonyl (C=O) groups excluding carboxylic acids is 1. The second kappa shape index (κ2) is 4.28. The Labute approximate surface area is 82.5 Å².